The van der Waals surface area contributed by atoms with Crippen LogP contribution < -0.4 is 0 Å². The maximum atomic E-state index is 13.7. The van der Waals surface area contributed by atoms with Crippen LogP contribution in [0.5, 0.6) is 0 Å². The van der Waals surface area contributed by atoms with Crippen LogP contribution in [0.3, 0.4) is 0 Å². The van der Waals surface area contributed by atoms with Crippen LogP contribution in [0.2, 0.25) is 0 Å². The first-order valence-corrected chi connectivity index (χ1v) is 7.12. The highest BCUT2D eigenvalue weighted by Crippen LogP contribution is 2.30. The quantitative estimate of drug-likeness (QED) is 0.886. The second-order valence-corrected chi connectivity index (χ2v) is 5.80. The number of hydrogen-bond acceptors (Lipinski definition) is 3. The van der Waals surface area contributed by atoms with Gasteiger partial charge in [0.1, 0.15) is 5.82 Å². The molecule has 20 heavy (non-hydrogen) atoms. The van der Waals surface area contributed by atoms with Gasteiger partial charge in [-0.2, -0.15) is 0 Å². The normalized spacial score (nSPS) is 10.9. The van der Waals surface area contributed by atoms with Gasteiger partial charge in [-0.1, -0.05) is 18.2 Å². The number of halogens is 1. The second kappa shape index (κ2) is 6.63. The first-order chi connectivity index (χ1) is 9.56. The van der Waals surface area contributed by atoms with Crippen LogP contribution in [0.4, 0.5) is 4.39 Å². The van der Waals surface area contributed by atoms with Gasteiger partial charge >= 0.3 is 5.97 Å². The predicted molar refractivity (Wildman–Crippen MR) is 78.3 cm³/mol. The fourth-order valence-corrected chi connectivity index (χ4v) is 3.02. The molecule has 0 radical (unpaired) electrons. The minimum Gasteiger partial charge on any atom is -0.481 e. The summed E-state index contributed by atoms with van der Waals surface area (Å²) >= 11 is 1.53. The lowest BCUT2D eigenvalue weighted by molar-refractivity contribution is -0.137. The number of carbonyl (C=O) groups is 1. The number of nitrogens with zero attached hydrogens (tertiary/aromatic N) is 1. The smallest absolute Gasteiger partial charge is 0.304 e. The first kappa shape index (κ1) is 14.7. The monoisotopic (exact) mass is 293 g/mol. The summed E-state index contributed by atoms with van der Waals surface area (Å²) in [5.41, 5.74) is 0.608. The summed E-state index contributed by atoms with van der Waals surface area (Å²) in [4.78, 5) is 14.5. The number of thiophene rings is 1. The molecule has 0 atom stereocenters. The largest absolute Gasteiger partial charge is 0.481 e. The van der Waals surface area contributed by atoms with Crippen LogP contribution >= 0.6 is 11.3 Å². The molecule has 5 heteroatoms. The van der Waals surface area contributed by atoms with E-state index >= 15 is 0 Å². The summed E-state index contributed by atoms with van der Waals surface area (Å²) in [7, 11) is 1.88. The van der Waals surface area contributed by atoms with Gasteiger partial charge in [0.2, 0.25) is 0 Å². The average Bonchev–Trinajstić information content (AvgIpc) is 2.85. The molecular weight excluding hydrogens is 277 g/mol. The van der Waals surface area contributed by atoms with E-state index in [2.05, 4.69) is 0 Å². The Morgan fingerprint density at radius 2 is 2.05 bits per heavy atom. The molecule has 1 N–H and O–H groups in total. The van der Waals surface area contributed by atoms with Crippen molar-refractivity contribution in [2.75, 3.05) is 13.6 Å². The molecule has 0 spiro atoms. The van der Waals surface area contributed by atoms with Crippen LogP contribution in [0.25, 0.3) is 10.4 Å². The number of carboxylic acids is 1. The van der Waals surface area contributed by atoms with Gasteiger partial charge in [0.25, 0.3) is 0 Å². The lowest BCUT2D eigenvalue weighted by atomic mass is 10.2. The van der Waals surface area contributed by atoms with Crippen molar-refractivity contribution in [2.24, 2.45) is 0 Å². The van der Waals surface area contributed by atoms with E-state index in [9.17, 15) is 9.18 Å². The first-order valence-electron chi connectivity index (χ1n) is 6.30. The molecule has 0 unspecified atom stereocenters. The Morgan fingerprint density at radius 1 is 1.30 bits per heavy atom. The van der Waals surface area contributed by atoms with E-state index in [4.69, 9.17) is 5.11 Å². The maximum absolute atomic E-state index is 13.7. The number of hydrogen-bond donors (Lipinski definition) is 1. The Labute approximate surface area is 121 Å². The van der Waals surface area contributed by atoms with E-state index in [-0.39, 0.29) is 12.2 Å². The molecule has 0 fully saturated rings. The van der Waals surface area contributed by atoms with Crippen molar-refractivity contribution in [3.05, 3.63) is 47.1 Å². The van der Waals surface area contributed by atoms with Crippen LogP contribution in [0, 0.1) is 5.82 Å². The van der Waals surface area contributed by atoms with Gasteiger partial charge in [-0.3, -0.25) is 4.79 Å². The van der Waals surface area contributed by atoms with Crippen LogP contribution in [-0.4, -0.2) is 29.6 Å². The Bertz CT molecular complexity index is 597. The Kier molecular flexibility index (Phi) is 4.87. The molecule has 1 aromatic carbocycles. The maximum Gasteiger partial charge on any atom is 0.304 e. The molecule has 0 bridgehead atoms. The molecule has 0 aliphatic carbocycles. The summed E-state index contributed by atoms with van der Waals surface area (Å²) in [6.45, 7) is 1.18. The minimum absolute atomic E-state index is 0.127. The van der Waals surface area contributed by atoms with Gasteiger partial charge in [-0.15, -0.1) is 11.3 Å². The minimum atomic E-state index is -0.796. The molecule has 3 nitrogen and oxygen atoms in total. The van der Waals surface area contributed by atoms with Crippen molar-refractivity contribution >= 4 is 17.3 Å². The van der Waals surface area contributed by atoms with Crippen molar-refractivity contribution in [2.45, 2.75) is 13.0 Å². The summed E-state index contributed by atoms with van der Waals surface area (Å²) in [5, 5.41) is 8.65. The molecule has 106 valence electrons. The Hall–Kier alpha value is -1.72. The van der Waals surface area contributed by atoms with Gasteiger partial charge in [-0.05, 0) is 25.2 Å². The third kappa shape index (κ3) is 3.88. The molecule has 0 aliphatic rings. The third-order valence-electron chi connectivity index (χ3n) is 2.93. The van der Waals surface area contributed by atoms with Crippen LogP contribution in [-0.2, 0) is 11.3 Å². The predicted octanol–water partition coefficient (Wildman–Crippen LogP) is 3.46. The van der Waals surface area contributed by atoms with Gasteiger partial charge in [0.15, 0.2) is 0 Å². The summed E-state index contributed by atoms with van der Waals surface area (Å²) < 4.78 is 13.7. The molecule has 2 rings (SSSR count). The van der Waals surface area contributed by atoms with Crippen molar-refractivity contribution < 1.29 is 14.3 Å². The lowest BCUT2D eigenvalue weighted by Crippen LogP contribution is -2.20. The fraction of sp³-hybridized carbons (Fsp3) is 0.267. The van der Waals surface area contributed by atoms with Crippen molar-refractivity contribution in [1.82, 2.24) is 4.90 Å². The van der Waals surface area contributed by atoms with E-state index in [1.807, 2.05) is 30.1 Å². The third-order valence-corrected chi connectivity index (χ3v) is 4.04. The molecule has 0 amide bonds. The van der Waals surface area contributed by atoms with Crippen molar-refractivity contribution in [3.63, 3.8) is 0 Å². The van der Waals surface area contributed by atoms with Gasteiger partial charge in [0, 0.05) is 28.4 Å². The highest BCUT2D eigenvalue weighted by molar-refractivity contribution is 7.15. The zero-order valence-electron chi connectivity index (χ0n) is 11.2. The average molecular weight is 293 g/mol. The molecular formula is C15H16FNO2S. The molecule has 1 heterocycles. The van der Waals surface area contributed by atoms with Gasteiger partial charge < -0.3 is 10.0 Å². The van der Waals surface area contributed by atoms with E-state index in [0.717, 1.165) is 9.75 Å². The van der Waals surface area contributed by atoms with Crippen LogP contribution in [0.1, 0.15) is 11.3 Å². The molecule has 2 aromatic rings. The van der Waals surface area contributed by atoms with Crippen molar-refractivity contribution in [1.29, 1.82) is 0 Å². The highest BCUT2D eigenvalue weighted by atomic mass is 32.1. The lowest BCUT2D eigenvalue weighted by Gasteiger charge is -2.13. The molecule has 1 aromatic heterocycles. The van der Waals surface area contributed by atoms with Gasteiger partial charge in [0.05, 0.1) is 6.42 Å². The molecule has 0 saturated carbocycles. The number of benzene rings is 1. The standard InChI is InChI=1S/C15H16FNO2S/c1-17(9-8-15(18)19)10-11-6-7-14(20-11)12-4-2-3-5-13(12)16/h2-7H,8-10H2,1H3,(H,18,19). The topological polar surface area (TPSA) is 40.5 Å². The van der Waals surface area contributed by atoms with E-state index in [1.54, 1.807) is 12.1 Å². The Balaban J connectivity index is 2.02. The van der Waals surface area contributed by atoms with Crippen LogP contribution in [0.15, 0.2) is 36.4 Å². The van der Waals surface area contributed by atoms with E-state index in [0.29, 0.717) is 18.7 Å². The number of aliphatic carboxylic acids is 1. The summed E-state index contributed by atoms with van der Waals surface area (Å²) in [5.74, 6) is -1.02. The number of carboxylic acid groups (broad SMARTS) is 1. The van der Waals surface area contributed by atoms with E-state index in [1.165, 1.54) is 17.4 Å². The number of rotatable bonds is 6. The molecule has 0 saturated heterocycles. The SMILES string of the molecule is CN(CCC(=O)O)Cc1ccc(-c2ccccc2F)s1. The Morgan fingerprint density at radius 3 is 2.75 bits per heavy atom. The summed E-state index contributed by atoms with van der Waals surface area (Å²) in [6, 6.07) is 10.6. The molecule has 0 aliphatic heterocycles. The summed E-state index contributed by atoms with van der Waals surface area (Å²) in [6.07, 6.45) is 0.127. The van der Waals surface area contributed by atoms with Gasteiger partial charge in [-0.25, -0.2) is 4.39 Å². The highest BCUT2D eigenvalue weighted by Gasteiger charge is 2.09. The zero-order valence-corrected chi connectivity index (χ0v) is 12.0. The van der Waals surface area contributed by atoms with E-state index < -0.39 is 5.97 Å². The fourth-order valence-electron chi connectivity index (χ4n) is 1.90. The zero-order chi connectivity index (χ0) is 14.5. The second-order valence-electron chi connectivity index (χ2n) is 4.63. The van der Waals surface area contributed by atoms with Crippen molar-refractivity contribution in [3.8, 4) is 10.4 Å².